The largest absolute Gasteiger partial charge is 0.378 e. The van der Waals surface area contributed by atoms with Crippen LogP contribution in [0.1, 0.15) is 34.6 Å². The van der Waals surface area contributed by atoms with Crippen LogP contribution in [0, 0.1) is 0 Å². The van der Waals surface area contributed by atoms with Crippen molar-refractivity contribution in [3.8, 4) is 0 Å². The Hall–Kier alpha value is -3.39. The molecule has 8 nitrogen and oxygen atoms in total. The van der Waals surface area contributed by atoms with Gasteiger partial charge >= 0.3 is 0 Å². The van der Waals surface area contributed by atoms with Crippen LogP contribution >= 0.6 is 0 Å². The Bertz CT molecular complexity index is 921. The first-order chi connectivity index (χ1) is 14.9. The van der Waals surface area contributed by atoms with E-state index >= 15 is 0 Å². The summed E-state index contributed by atoms with van der Waals surface area (Å²) in [5.41, 5.74) is 2.39. The van der Waals surface area contributed by atoms with E-state index in [4.69, 9.17) is 4.74 Å². The van der Waals surface area contributed by atoms with Crippen LogP contribution < -0.4 is 16.0 Å². The van der Waals surface area contributed by atoms with Crippen molar-refractivity contribution in [2.75, 3.05) is 43.5 Å². The summed E-state index contributed by atoms with van der Waals surface area (Å²) in [5.74, 6) is -0.427. The molecule has 0 bridgehead atoms. The molecule has 8 heteroatoms. The van der Waals surface area contributed by atoms with Gasteiger partial charge in [-0.25, -0.2) is 0 Å². The molecule has 0 aliphatic carbocycles. The fourth-order valence-electron chi connectivity index (χ4n) is 3.15. The number of morpholine rings is 1. The van der Waals surface area contributed by atoms with Crippen LogP contribution in [-0.2, 0) is 9.53 Å². The molecule has 3 N–H and O–H groups in total. The van der Waals surface area contributed by atoms with Crippen molar-refractivity contribution in [1.82, 2.24) is 10.2 Å². The molecular weight excluding hydrogens is 396 g/mol. The van der Waals surface area contributed by atoms with Crippen molar-refractivity contribution in [2.45, 2.75) is 19.9 Å². The zero-order chi connectivity index (χ0) is 22.2. The molecule has 2 aromatic rings. The van der Waals surface area contributed by atoms with Crippen molar-refractivity contribution in [3.05, 3.63) is 59.7 Å². The first-order valence-corrected chi connectivity index (χ1v) is 10.3. The number of hydrogen-bond acceptors (Lipinski definition) is 5. The zero-order valence-corrected chi connectivity index (χ0v) is 17.8. The Morgan fingerprint density at radius 2 is 1.68 bits per heavy atom. The number of carbonyl (C=O) groups is 3. The normalized spacial score (nSPS) is 13.6. The summed E-state index contributed by atoms with van der Waals surface area (Å²) in [4.78, 5) is 38.6. The van der Waals surface area contributed by atoms with Crippen molar-refractivity contribution in [3.63, 3.8) is 0 Å². The third kappa shape index (κ3) is 6.55. The van der Waals surface area contributed by atoms with Gasteiger partial charge in [0.15, 0.2) is 0 Å². The lowest BCUT2D eigenvalue weighted by Crippen LogP contribution is -2.40. The smallest absolute Gasteiger partial charge is 0.254 e. The summed E-state index contributed by atoms with van der Waals surface area (Å²) in [6, 6.07) is 13.9. The highest BCUT2D eigenvalue weighted by molar-refractivity contribution is 5.97. The second kappa shape index (κ2) is 10.6. The minimum absolute atomic E-state index is 0.0378. The second-order valence-electron chi connectivity index (χ2n) is 7.59. The third-order valence-corrected chi connectivity index (χ3v) is 4.71. The van der Waals surface area contributed by atoms with Crippen LogP contribution in [0.3, 0.4) is 0 Å². The molecule has 0 radical (unpaired) electrons. The predicted molar refractivity (Wildman–Crippen MR) is 119 cm³/mol. The SMILES string of the molecule is CC(C)NC(=O)c1cccc(NCC(=O)Nc2ccc(C(=O)N3CCOCC3)cc2)c1. The van der Waals surface area contributed by atoms with Crippen LogP contribution in [0.2, 0.25) is 0 Å². The number of hydrogen-bond donors (Lipinski definition) is 3. The Morgan fingerprint density at radius 3 is 2.35 bits per heavy atom. The molecular formula is C23H28N4O4. The highest BCUT2D eigenvalue weighted by atomic mass is 16.5. The summed E-state index contributed by atoms with van der Waals surface area (Å²) in [6.07, 6.45) is 0. The van der Waals surface area contributed by atoms with Gasteiger partial charge in [0.2, 0.25) is 5.91 Å². The average molecular weight is 425 g/mol. The fraction of sp³-hybridized carbons (Fsp3) is 0.348. The number of amides is 3. The van der Waals surface area contributed by atoms with Crippen molar-refractivity contribution in [1.29, 1.82) is 0 Å². The van der Waals surface area contributed by atoms with Gasteiger partial charge in [-0.3, -0.25) is 14.4 Å². The molecule has 0 atom stereocenters. The molecule has 164 valence electrons. The average Bonchev–Trinajstić information content (AvgIpc) is 2.78. The molecule has 0 aromatic heterocycles. The van der Waals surface area contributed by atoms with Crippen LogP contribution in [0.5, 0.6) is 0 Å². The van der Waals surface area contributed by atoms with E-state index in [2.05, 4.69) is 16.0 Å². The molecule has 1 aliphatic heterocycles. The van der Waals surface area contributed by atoms with Crippen LogP contribution in [0.15, 0.2) is 48.5 Å². The van der Waals surface area contributed by atoms with Gasteiger partial charge in [-0.15, -0.1) is 0 Å². The van der Waals surface area contributed by atoms with Gasteiger partial charge < -0.3 is 25.6 Å². The highest BCUT2D eigenvalue weighted by Crippen LogP contribution is 2.14. The highest BCUT2D eigenvalue weighted by Gasteiger charge is 2.18. The molecule has 31 heavy (non-hydrogen) atoms. The summed E-state index contributed by atoms with van der Waals surface area (Å²) in [7, 11) is 0. The Kier molecular flexibility index (Phi) is 7.61. The Balaban J connectivity index is 1.51. The molecule has 2 aromatic carbocycles. The fourth-order valence-corrected chi connectivity index (χ4v) is 3.15. The Labute approximate surface area is 182 Å². The van der Waals surface area contributed by atoms with E-state index in [1.54, 1.807) is 53.4 Å². The lowest BCUT2D eigenvalue weighted by atomic mass is 10.1. The van der Waals surface area contributed by atoms with Gasteiger partial charge in [0, 0.05) is 41.6 Å². The summed E-state index contributed by atoms with van der Waals surface area (Å²) in [6.45, 7) is 6.12. The standard InChI is InChI=1S/C23H28N4O4/c1-16(2)25-22(29)18-4-3-5-20(14-18)24-15-21(28)26-19-8-6-17(7-9-19)23(30)27-10-12-31-13-11-27/h3-9,14,16,24H,10-13,15H2,1-2H3,(H,25,29)(H,26,28). The number of anilines is 2. The Morgan fingerprint density at radius 1 is 0.968 bits per heavy atom. The summed E-state index contributed by atoms with van der Waals surface area (Å²) in [5, 5.41) is 8.65. The number of ether oxygens (including phenoxy) is 1. The second-order valence-corrected chi connectivity index (χ2v) is 7.59. The van der Waals surface area contributed by atoms with E-state index < -0.39 is 0 Å². The van der Waals surface area contributed by atoms with Gasteiger partial charge in [0.25, 0.3) is 11.8 Å². The lowest BCUT2D eigenvalue weighted by molar-refractivity contribution is -0.114. The first-order valence-electron chi connectivity index (χ1n) is 10.3. The van der Waals surface area contributed by atoms with Crippen molar-refractivity contribution >= 4 is 29.1 Å². The maximum Gasteiger partial charge on any atom is 0.254 e. The first kappa shape index (κ1) is 22.3. The molecule has 3 rings (SSSR count). The topological polar surface area (TPSA) is 99.8 Å². The zero-order valence-electron chi connectivity index (χ0n) is 17.8. The van der Waals surface area contributed by atoms with Gasteiger partial charge in [0.1, 0.15) is 0 Å². The predicted octanol–water partition coefficient (Wildman–Crippen LogP) is 2.35. The van der Waals surface area contributed by atoms with Crippen LogP contribution in [0.25, 0.3) is 0 Å². The summed E-state index contributed by atoms with van der Waals surface area (Å²) < 4.78 is 5.27. The van der Waals surface area contributed by atoms with E-state index in [1.165, 1.54) is 0 Å². The molecule has 1 heterocycles. The van der Waals surface area contributed by atoms with Crippen LogP contribution in [0.4, 0.5) is 11.4 Å². The van der Waals surface area contributed by atoms with E-state index in [-0.39, 0.29) is 30.3 Å². The molecule has 1 aliphatic rings. The van der Waals surface area contributed by atoms with E-state index in [1.807, 2.05) is 13.8 Å². The van der Waals surface area contributed by atoms with Gasteiger partial charge in [0.05, 0.1) is 19.8 Å². The van der Waals surface area contributed by atoms with Gasteiger partial charge in [-0.05, 0) is 56.3 Å². The minimum Gasteiger partial charge on any atom is -0.378 e. The van der Waals surface area contributed by atoms with Crippen molar-refractivity contribution < 1.29 is 19.1 Å². The summed E-state index contributed by atoms with van der Waals surface area (Å²) >= 11 is 0. The maximum absolute atomic E-state index is 12.5. The maximum atomic E-state index is 12.5. The monoisotopic (exact) mass is 424 g/mol. The van der Waals surface area contributed by atoms with Gasteiger partial charge in [-0.2, -0.15) is 0 Å². The number of rotatable bonds is 7. The number of carbonyl (C=O) groups excluding carboxylic acids is 3. The molecule has 0 spiro atoms. The molecule has 3 amide bonds. The van der Waals surface area contributed by atoms with E-state index in [9.17, 15) is 14.4 Å². The minimum atomic E-state index is -0.232. The van der Waals surface area contributed by atoms with Gasteiger partial charge in [-0.1, -0.05) is 6.07 Å². The number of nitrogens with zero attached hydrogens (tertiary/aromatic N) is 1. The number of benzene rings is 2. The molecule has 0 unspecified atom stereocenters. The molecule has 1 saturated heterocycles. The molecule has 1 fully saturated rings. The third-order valence-electron chi connectivity index (χ3n) is 4.71. The number of nitrogens with one attached hydrogen (secondary N) is 3. The van der Waals surface area contributed by atoms with E-state index in [0.29, 0.717) is 48.8 Å². The van der Waals surface area contributed by atoms with E-state index in [0.717, 1.165) is 0 Å². The molecule has 0 saturated carbocycles. The quantitative estimate of drug-likeness (QED) is 0.634. The lowest BCUT2D eigenvalue weighted by Gasteiger charge is -2.26. The van der Waals surface area contributed by atoms with Crippen molar-refractivity contribution in [2.24, 2.45) is 0 Å². The van der Waals surface area contributed by atoms with Crippen LogP contribution in [-0.4, -0.2) is 61.5 Å².